The lowest BCUT2D eigenvalue weighted by Crippen LogP contribution is -2.31. The van der Waals surface area contributed by atoms with E-state index in [2.05, 4.69) is 0 Å². The molecule has 4 aromatic rings. The summed E-state index contributed by atoms with van der Waals surface area (Å²) < 4.78 is 130. The molecule has 0 unspecified atom stereocenters. The summed E-state index contributed by atoms with van der Waals surface area (Å²) >= 11 is 0. The Morgan fingerprint density at radius 1 is 0.452 bits per heavy atom. The quantitative estimate of drug-likeness (QED) is 0.153. The molecule has 0 amide bonds. The van der Waals surface area contributed by atoms with Crippen LogP contribution < -0.4 is 20.9 Å². The topological polar surface area (TPSA) is 70.5 Å². The van der Waals surface area contributed by atoms with E-state index in [9.17, 15) is 17.6 Å². The fraction of sp³-hybridized carbons (Fsp3) is 0.200. The summed E-state index contributed by atoms with van der Waals surface area (Å²) in [4.78, 5) is 0. The van der Waals surface area contributed by atoms with Gasteiger partial charge in [-0.1, -0.05) is 60.7 Å². The zero-order valence-electron chi connectivity index (χ0n) is 22.1. The number of ether oxygens (including phenoxy) is 2. The van der Waals surface area contributed by atoms with Gasteiger partial charge in [0.05, 0.1) is 12.1 Å². The van der Waals surface area contributed by atoms with Crippen molar-refractivity contribution in [3.05, 3.63) is 129 Å². The van der Waals surface area contributed by atoms with Gasteiger partial charge in [-0.05, 0) is 25.0 Å². The van der Waals surface area contributed by atoms with Crippen molar-refractivity contribution in [2.24, 2.45) is 11.5 Å². The lowest BCUT2D eigenvalue weighted by molar-refractivity contribution is 0.196. The molecule has 0 spiro atoms. The van der Waals surface area contributed by atoms with Crippen LogP contribution >= 0.6 is 0 Å². The van der Waals surface area contributed by atoms with Crippen LogP contribution in [0.1, 0.15) is 60.4 Å². The Labute approximate surface area is 235 Å². The number of rotatable bonds is 9. The van der Waals surface area contributed by atoms with E-state index in [4.69, 9.17) is 20.9 Å². The van der Waals surface area contributed by atoms with Crippen LogP contribution in [-0.4, -0.2) is 0 Å². The number of hydrogen-bond donors (Lipinski definition) is 2. The van der Waals surface area contributed by atoms with Crippen LogP contribution in [0.3, 0.4) is 0 Å². The van der Waals surface area contributed by atoms with Gasteiger partial charge in [0.25, 0.3) is 0 Å². The van der Waals surface area contributed by atoms with Gasteiger partial charge in [-0.25, -0.2) is 17.6 Å². The van der Waals surface area contributed by atoms with E-state index in [0.29, 0.717) is 11.1 Å². The predicted molar refractivity (Wildman–Crippen MR) is 137 cm³/mol. The summed E-state index contributed by atoms with van der Waals surface area (Å²) in [5.74, 6) is -19.2. The molecular formula is C30H24F8N2O2. The summed E-state index contributed by atoms with van der Waals surface area (Å²) in [5, 5.41) is 0. The van der Waals surface area contributed by atoms with E-state index in [0.717, 1.165) is 0 Å². The molecule has 0 saturated carbocycles. The van der Waals surface area contributed by atoms with Gasteiger partial charge in [0.15, 0.2) is 34.8 Å². The maximum Gasteiger partial charge on any atom is 0.204 e. The molecular weight excluding hydrogens is 572 g/mol. The summed E-state index contributed by atoms with van der Waals surface area (Å²) in [6, 6.07) is 11.0. The maximum absolute atomic E-state index is 15.1. The Morgan fingerprint density at radius 2 is 0.714 bits per heavy atom. The maximum atomic E-state index is 15.1. The van der Waals surface area contributed by atoms with Crippen molar-refractivity contribution in [3.8, 4) is 11.5 Å². The Balaban J connectivity index is 1.69. The average molecular weight is 597 g/mol. The van der Waals surface area contributed by atoms with Gasteiger partial charge in [0.2, 0.25) is 23.3 Å². The van der Waals surface area contributed by atoms with Gasteiger partial charge in [0, 0.05) is 11.1 Å². The molecule has 0 aliphatic carbocycles. The minimum atomic E-state index is -2.42. The lowest BCUT2D eigenvalue weighted by atomic mass is 9.92. The first kappa shape index (κ1) is 30.8. The summed E-state index contributed by atoms with van der Waals surface area (Å²) in [6.45, 7) is 2.73. The second-order valence-electron chi connectivity index (χ2n) is 9.39. The molecule has 4 nitrogen and oxygen atoms in total. The van der Waals surface area contributed by atoms with E-state index in [1.165, 1.54) is 38.1 Å². The third kappa shape index (κ3) is 5.64. The normalized spacial score (nSPS) is 14.3. The predicted octanol–water partition coefficient (Wildman–Crippen LogP) is 7.78. The van der Waals surface area contributed by atoms with Crippen LogP contribution in [-0.2, 0) is 0 Å². The number of nitrogens with two attached hydrogens (primary N) is 2. The molecule has 0 fully saturated rings. The Kier molecular flexibility index (Phi) is 9.07. The van der Waals surface area contributed by atoms with E-state index in [-0.39, 0.29) is 0 Å². The van der Waals surface area contributed by atoms with Crippen molar-refractivity contribution in [3.63, 3.8) is 0 Å². The molecule has 0 aromatic heterocycles. The van der Waals surface area contributed by atoms with Crippen molar-refractivity contribution < 1.29 is 44.6 Å². The highest BCUT2D eigenvalue weighted by Gasteiger charge is 2.37. The molecule has 4 aromatic carbocycles. The van der Waals surface area contributed by atoms with Crippen molar-refractivity contribution in [2.45, 2.75) is 38.1 Å². The van der Waals surface area contributed by atoms with Crippen molar-refractivity contribution in [2.75, 3.05) is 0 Å². The molecule has 0 aliphatic heterocycles. The molecule has 0 saturated heterocycles. The number of halogens is 8. The Morgan fingerprint density at radius 3 is 0.976 bits per heavy atom. The largest absolute Gasteiger partial charge is 0.480 e. The lowest BCUT2D eigenvalue weighted by Gasteiger charge is -2.25. The smallest absolute Gasteiger partial charge is 0.204 e. The molecule has 4 atom stereocenters. The minimum Gasteiger partial charge on any atom is -0.480 e. The molecule has 0 aliphatic rings. The van der Waals surface area contributed by atoms with E-state index in [1.54, 1.807) is 36.4 Å². The van der Waals surface area contributed by atoms with E-state index >= 15 is 17.6 Å². The molecule has 42 heavy (non-hydrogen) atoms. The monoisotopic (exact) mass is 596 g/mol. The van der Waals surface area contributed by atoms with Gasteiger partial charge in [-0.15, -0.1) is 0 Å². The second-order valence-corrected chi connectivity index (χ2v) is 9.39. The van der Waals surface area contributed by atoms with E-state index in [1.807, 2.05) is 0 Å². The van der Waals surface area contributed by atoms with Crippen LogP contribution in [0.2, 0.25) is 0 Å². The Bertz CT molecular complexity index is 1410. The average Bonchev–Trinajstić information content (AvgIpc) is 3.00. The molecule has 4 N–H and O–H groups in total. The summed E-state index contributed by atoms with van der Waals surface area (Å²) in [6.07, 6.45) is -2.12. The van der Waals surface area contributed by atoms with Crippen molar-refractivity contribution in [1.29, 1.82) is 0 Å². The van der Waals surface area contributed by atoms with Gasteiger partial charge in [0.1, 0.15) is 12.2 Å². The zero-order chi connectivity index (χ0) is 30.9. The number of benzene rings is 4. The third-order valence-corrected chi connectivity index (χ3v) is 6.69. The SMILES string of the molecule is C[C@@H](Oc1c(F)c(F)c([C@H](N)[C@@H](N)c2c(F)c(F)c(O[C@H](C)c3ccccc3)c(F)c2F)c(F)c1F)c1ccccc1. The third-order valence-electron chi connectivity index (χ3n) is 6.69. The highest BCUT2D eigenvalue weighted by Crippen LogP contribution is 2.41. The summed E-state index contributed by atoms with van der Waals surface area (Å²) in [5.41, 5.74) is 9.11. The minimum absolute atomic E-state index is 0.417. The fourth-order valence-electron chi connectivity index (χ4n) is 4.35. The van der Waals surface area contributed by atoms with Crippen LogP contribution in [0, 0.1) is 46.5 Å². The first-order chi connectivity index (χ1) is 19.9. The van der Waals surface area contributed by atoms with Gasteiger partial charge < -0.3 is 20.9 Å². The Hall–Kier alpha value is -4.16. The van der Waals surface area contributed by atoms with Crippen molar-refractivity contribution >= 4 is 0 Å². The second kappa shape index (κ2) is 12.4. The molecule has 4 rings (SSSR count). The zero-order valence-corrected chi connectivity index (χ0v) is 22.1. The first-order valence-corrected chi connectivity index (χ1v) is 12.5. The molecule has 0 heterocycles. The fourth-order valence-corrected chi connectivity index (χ4v) is 4.35. The summed E-state index contributed by atoms with van der Waals surface area (Å²) in [7, 11) is 0. The van der Waals surface area contributed by atoms with Crippen LogP contribution in [0.15, 0.2) is 60.7 Å². The van der Waals surface area contributed by atoms with Crippen molar-refractivity contribution in [1.82, 2.24) is 0 Å². The molecule has 12 heteroatoms. The highest BCUT2D eigenvalue weighted by atomic mass is 19.2. The van der Waals surface area contributed by atoms with Gasteiger partial charge >= 0.3 is 0 Å². The van der Waals surface area contributed by atoms with Gasteiger partial charge in [-0.2, -0.15) is 17.6 Å². The molecule has 0 bridgehead atoms. The van der Waals surface area contributed by atoms with Crippen LogP contribution in [0.5, 0.6) is 11.5 Å². The molecule has 0 radical (unpaired) electrons. The standard InChI is InChI=1S/C30H24F8N2O2/c1-13(15-9-5-3-6-10-15)41-29-23(35)19(31)17(20(32)24(29)36)27(39)28(40)18-21(33)25(37)30(26(38)22(18)34)42-14(2)16-11-7-4-8-12-16/h3-14,27-28H,39-40H2,1-2H3/t13-,14-,27+,28+/m1/s1. The van der Waals surface area contributed by atoms with E-state index < -0.39 is 93.5 Å². The van der Waals surface area contributed by atoms with Gasteiger partial charge in [-0.3, -0.25) is 0 Å². The van der Waals surface area contributed by atoms with Crippen LogP contribution in [0.25, 0.3) is 0 Å². The highest BCUT2D eigenvalue weighted by molar-refractivity contribution is 5.41. The van der Waals surface area contributed by atoms with Crippen LogP contribution in [0.4, 0.5) is 35.1 Å². The first-order valence-electron chi connectivity index (χ1n) is 12.5. The number of hydrogen-bond acceptors (Lipinski definition) is 4. The molecule has 222 valence electrons.